The van der Waals surface area contributed by atoms with E-state index in [1.807, 2.05) is 6.92 Å². The van der Waals surface area contributed by atoms with Gasteiger partial charge in [0.05, 0.1) is 11.6 Å². The molecule has 1 atom stereocenters. The second-order valence-corrected chi connectivity index (χ2v) is 4.83. The Morgan fingerprint density at radius 3 is 2.54 bits per heavy atom. The van der Waals surface area contributed by atoms with Crippen molar-refractivity contribution in [3.05, 3.63) is 28.0 Å². The minimum atomic E-state index is -0.318. The van der Waals surface area contributed by atoms with Gasteiger partial charge in [-0.1, -0.05) is 22.0 Å². The Morgan fingerprint density at radius 1 is 1.46 bits per heavy atom. The Morgan fingerprint density at radius 2 is 2.08 bits per heavy atom. The van der Waals surface area contributed by atoms with Crippen molar-refractivity contribution in [1.29, 1.82) is 0 Å². The quantitative estimate of drug-likeness (QED) is 0.749. The van der Waals surface area contributed by atoms with E-state index >= 15 is 0 Å². The molecular formula is C9H9Br2FO. The van der Waals surface area contributed by atoms with E-state index in [0.29, 0.717) is 10.0 Å². The molecule has 0 saturated carbocycles. The van der Waals surface area contributed by atoms with Crippen molar-refractivity contribution < 1.29 is 9.13 Å². The van der Waals surface area contributed by atoms with Crippen molar-refractivity contribution in [3.8, 4) is 5.75 Å². The zero-order valence-corrected chi connectivity index (χ0v) is 10.4. The number of methoxy groups -OCH3 is 1. The van der Waals surface area contributed by atoms with Crippen molar-refractivity contribution in [1.82, 2.24) is 0 Å². The predicted molar refractivity (Wildman–Crippen MR) is 58.0 cm³/mol. The minimum Gasteiger partial charge on any atom is -0.492 e. The number of alkyl halides is 1. The minimum absolute atomic E-state index is 0.0190. The van der Waals surface area contributed by atoms with Gasteiger partial charge < -0.3 is 4.74 Å². The van der Waals surface area contributed by atoms with E-state index < -0.39 is 0 Å². The molecule has 0 amide bonds. The van der Waals surface area contributed by atoms with Crippen molar-refractivity contribution in [2.45, 2.75) is 11.8 Å². The Hall–Kier alpha value is -0.0900. The summed E-state index contributed by atoms with van der Waals surface area (Å²) in [5, 5.41) is 0. The van der Waals surface area contributed by atoms with Crippen LogP contribution in [-0.4, -0.2) is 7.11 Å². The smallest absolute Gasteiger partial charge is 0.170 e. The molecule has 4 heteroatoms. The van der Waals surface area contributed by atoms with Gasteiger partial charge in [-0.05, 0) is 28.9 Å². The molecule has 1 nitrogen and oxygen atoms in total. The van der Waals surface area contributed by atoms with Gasteiger partial charge in [0, 0.05) is 10.4 Å². The number of hydrogen-bond acceptors (Lipinski definition) is 1. The molecular weight excluding hydrogens is 303 g/mol. The summed E-state index contributed by atoms with van der Waals surface area (Å²) in [6.07, 6.45) is 0. The summed E-state index contributed by atoms with van der Waals surface area (Å²) in [7, 11) is 1.45. The van der Waals surface area contributed by atoms with Gasteiger partial charge in [0.2, 0.25) is 0 Å². The van der Waals surface area contributed by atoms with Crippen LogP contribution in [0.15, 0.2) is 16.6 Å². The van der Waals surface area contributed by atoms with Gasteiger partial charge in [0.1, 0.15) is 0 Å². The lowest BCUT2D eigenvalue weighted by Crippen LogP contribution is -1.96. The summed E-state index contributed by atoms with van der Waals surface area (Å²) >= 11 is 6.52. The van der Waals surface area contributed by atoms with Crippen LogP contribution in [0.4, 0.5) is 4.39 Å². The molecule has 72 valence electrons. The highest BCUT2D eigenvalue weighted by Crippen LogP contribution is 2.34. The molecule has 0 aliphatic heterocycles. The van der Waals surface area contributed by atoms with Crippen LogP contribution in [0.1, 0.15) is 17.3 Å². The molecule has 0 N–H and O–H groups in total. The first-order chi connectivity index (χ1) is 6.07. The summed E-state index contributed by atoms with van der Waals surface area (Å²) in [6.45, 7) is 1.87. The second-order valence-electron chi connectivity index (χ2n) is 2.60. The Kier molecular flexibility index (Phi) is 3.74. The van der Waals surface area contributed by atoms with Gasteiger partial charge >= 0.3 is 0 Å². The number of halogens is 3. The average Bonchev–Trinajstić information content (AvgIpc) is 2.04. The van der Waals surface area contributed by atoms with E-state index in [9.17, 15) is 4.39 Å². The van der Waals surface area contributed by atoms with Crippen molar-refractivity contribution in [3.63, 3.8) is 0 Å². The lowest BCUT2D eigenvalue weighted by Gasteiger charge is -2.10. The van der Waals surface area contributed by atoms with Gasteiger partial charge in [-0.15, -0.1) is 0 Å². The molecule has 1 rings (SSSR count). The van der Waals surface area contributed by atoms with Gasteiger partial charge in [0.15, 0.2) is 11.6 Å². The third-order valence-corrected chi connectivity index (χ3v) is 2.83. The maximum absolute atomic E-state index is 13.6. The molecule has 1 unspecified atom stereocenters. The molecule has 13 heavy (non-hydrogen) atoms. The summed E-state index contributed by atoms with van der Waals surface area (Å²) < 4.78 is 19.2. The first-order valence-corrected chi connectivity index (χ1v) is 5.44. The van der Waals surface area contributed by atoms with Gasteiger partial charge in [-0.2, -0.15) is 0 Å². The van der Waals surface area contributed by atoms with Gasteiger partial charge in [-0.25, -0.2) is 4.39 Å². The van der Waals surface area contributed by atoms with Crippen LogP contribution >= 0.6 is 31.9 Å². The van der Waals surface area contributed by atoms with Crippen LogP contribution in [0.25, 0.3) is 0 Å². The standard InChI is InChI=1S/C9H9Br2FO/c1-5(10)6-3-4-7(11)9(13-2)8(6)12/h3-5H,1-2H3. The van der Waals surface area contributed by atoms with Crippen LogP contribution in [0.2, 0.25) is 0 Å². The number of ether oxygens (including phenoxy) is 1. The van der Waals surface area contributed by atoms with E-state index in [0.717, 1.165) is 0 Å². The van der Waals surface area contributed by atoms with Crippen LogP contribution in [0.3, 0.4) is 0 Å². The van der Waals surface area contributed by atoms with Crippen LogP contribution in [0, 0.1) is 5.82 Å². The summed E-state index contributed by atoms with van der Waals surface area (Å²) in [6, 6.07) is 3.50. The molecule has 0 fully saturated rings. The van der Waals surface area contributed by atoms with E-state index in [1.54, 1.807) is 12.1 Å². The number of rotatable bonds is 2. The first-order valence-electron chi connectivity index (χ1n) is 3.74. The first kappa shape index (κ1) is 11.0. The molecule has 0 radical (unpaired) electrons. The normalized spacial score (nSPS) is 12.7. The molecule has 0 heterocycles. The summed E-state index contributed by atoms with van der Waals surface area (Å²) in [4.78, 5) is -0.0190. The molecule has 1 aromatic rings. The Bertz CT molecular complexity index is 313. The number of benzene rings is 1. The van der Waals surface area contributed by atoms with Crippen LogP contribution < -0.4 is 4.74 Å². The van der Waals surface area contributed by atoms with E-state index in [1.165, 1.54) is 7.11 Å². The Labute approximate surface area is 93.5 Å². The molecule has 0 aliphatic rings. The maximum Gasteiger partial charge on any atom is 0.170 e. The molecule has 0 aromatic heterocycles. The third kappa shape index (κ3) is 2.23. The Balaban J connectivity index is 3.27. The van der Waals surface area contributed by atoms with Crippen molar-refractivity contribution >= 4 is 31.9 Å². The highest BCUT2D eigenvalue weighted by molar-refractivity contribution is 9.10. The molecule has 1 aromatic carbocycles. The fraction of sp³-hybridized carbons (Fsp3) is 0.333. The highest BCUT2D eigenvalue weighted by atomic mass is 79.9. The predicted octanol–water partition coefficient (Wildman–Crippen LogP) is 4.05. The molecule has 0 aliphatic carbocycles. The molecule has 0 spiro atoms. The topological polar surface area (TPSA) is 9.23 Å². The zero-order valence-electron chi connectivity index (χ0n) is 7.27. The van der Waals surface area contributed by atoms with E-state index in [2.05, 4.69) is 31.9 Å². The third-order valence-electron chi connectivity index (χ3n) is 1.71. The second kappa shape index (κ2) is 4.42. The summed E-state index contributed by atoms with van der Waals surface area (Å²) in [5.41, 5.74) is 0.597. The SMILES string of the molecule is COc1c(Br)ccc(C(C)Br)c1F. The fourth-order valence-electron chi connectivity index (χ4n) is 1.04. The lowest BCUT2D eigenvalue weighted by atomic mass is 10.1. The van der Waals surface area contributed by atoms with E-state index in [4.69, 9.17) is 4.74 Å². The fourth-order valence-corrected chi connectivity index (χ4v) is 1.86. The zero-order chi connectivity index (χ0) is 10.0. The molecule has 0 bridgehead atoms. The van der Waals surface area contributed by atoms with Crippen molar-refractivity contribution in [2.24, 2.45) is 0 Å². The van der Waals surface area contributed by atoms with Crippen molar-refractivity contribution in [2.75, 3.05) is 7.11 Å². The summed E-state index contributed by atoms with van der Waals surface area (Å²) in [5.74, 6) is -0.0648. The van der Waals surface area contributed by atoms with E-state index in [-0.39, 0.29) is 16.4 Å². The van der Waals surface area contributed by atoms with Crippen LogP contribution in [0.5, 0.6) is 5.75 Å². The lowest BCUT2D eigenvalue weighted by molar-refractivity contribution is 0.381. The largest absolute Gasteiger partial charge is 0.492 e. The highest BCUT2D eigenvalue weighted by Gasteiger charge is 2.15. The monoisotopic (exact) mass is 310 g/mol. The maximum atomic E-state index is 13.6. The number of hydrogen-bond donors (Lipinski definition) is 0. The van der Waals surface area contributed by atoms with Gasteiger partial charge in [0.25, 0.3) is 0 Å². The molecule has 0 saturated heterocycles. The average molecular weight is 312 g/mol. The van der Waals surface area contributed by atoms with Crippen LogP contribution in [-0.2, 0) is 0 Å². The van der Waals surface area contributed by atoms with Gasteiger partial charge in [-0.3, -0.25) is 0 Å².